The fourth-order valence-electron chi connectivity index (χ4n) is 8.14. The highest BCUT2D eigenvalue weighted by atomic mass is 127. The van der Waals surface area contributed by atoms with E-state index in [1.807, 2.05) is 52.9 Å². The number of benzene rings is 3. The number of nitrogens with zero attached hydrogens (tertiary/aromatic N) is 5. The van der Waals surface area contributed by atoms with E-state index in [9.17, 15) is 22.8 Å². The molecule has 2 saturated heterocycles. The molecule has 4 heterocycles. The Bertz CT molecular complexity index is 2460. The van der Waals surface area contributed by atoms with Crippen molar-refractivity contribution in [3.8, 4) is 17.0 Å². The lowest BCUT2D eigenvalue weighted by Gasteiger charge is -2.37. The SMILES string of the molecule is COc1ccc(-c2ccc3c(N4CCOC[C@H]4C)nc(N4CCOC[C@H]4C)nc3n2)cc1COC(=O)CCCCCCCCOCC(=O)c1ccc(F)c(F)c1Cc1ccc(I)cc1F. The van der Waals surface area contributed by atoms with Crippen LogP contribution in [0, 0.1) is 21.0 Å². The zero-order chi connectivity index (χ0) is 45.9. The van der Waals surface area contributed by atoms with E-state index in [0.717, 1.165) is 59.8 Å². The molecule has 16 heteroatoms. The first kappa shape index (κ1) is 48.0. The molecule has 5 aromatic rings. The Labute approximate surface area is 391 Å². The summed E-state index contributed by atoms with van der Waals surface area (Å²) >= 11 is 1.96. The third-order valence-corrected chi connectivity index (χ3v) is 12.5. The van der Waals surface area contributed by atoms with Gasteiger partial charge in [-0.1, -0.05) is 31.7 Å². The summed E-state index contributed by atoms with van der Waals surface area (Å²) in [5.74, 6) is -1.54. The number of morpholine rings is 2. The second-order valence-corrected chi connectivity index (χ2v) is 17.7. The molecule has 0 amide bonds. The normalized spacial score (nSPS) is 16.5. The van der Waals surface area contributed by atoms with Crippen LogP contribution in [0.4, 0.5) is 24.9 Å². The quantitative estimate of drug-likeness (QED) is 0.0319. The molecule has 2 atom stereocenters. The molecule has 7 rings (SSSR count). The number of halogens is 4. The molecule has 0 saturated carbocycles. The first-order chi connectivity index (χ1) is 31.5. The van der Waals surface area contributed by atoms with Gasteiger partial charge in [-0.3, -0.25) is 9.59 Å². The minimum absolute atomic E-state index is 0.0244. The number of esters is 1. The first-order valence-corrected chi connectivity index (χ1v) is 23.3. The summed E-state index contributed by atoms with van der Waals surface area (Å²) in [6.45, 7) is 8.15. The standard InChI is InChI=1S/C49H55F3IN5O7/c1-31-27-63-22-19-57(31)48-38-15-17-42(54-47(38)55-49(56-48)58-20-23-64-28-32(58)2)34-12-18-44(61-3)35(24-34)29-65-45(60)10-8-6-4-5-7-9-21-62-30-43(59)37-14-16-40(50)46(52)39(37)25-33-11-13-36(53)26-41(33)51/h11-18,24,26,31-32H,4-10,19-23,25,27-30H2,1-3H3/t31-,32-/m1/s1. The number of unbranched alkanes of at least 4 members (excludes halogenated alkanes) is 5. The molecule has 0 N–H and O–H groups in total. The van der Waals surface area contributed by atoms with Gasteiger partial charge in [0.15, 0.2) is 23.1 Å². The van der Waals surface area contributed by atoms with E-state index in [4.69, 9.17) is 38.6 Å². The maximum absolute atomic E-state index is 14.8. The van der Waals surface area contributed by atoms with E-state index in [2.05, 4.69) is 23.6 Å². The van der Waals surface area contributed by atoms with Gasteiger partial charge in [-0.25, -0.2) is 18.2 Å². The molecule has 3 aromatic carbocycles. The fourth-order valence-corrected chi connectivity index (χ4v) is 8.60. The lowest BCUT2D eigenvalue weighted by Crippen LogP contribution is -2.46. The zero-order valence-corrected chi connectivity index (χ0v) is 39.2. The molecular formula is C49H55F3IN5O7. The first-order valence-electron chi connectivity index (χ1n) is 22.2. The minimum Gasteiger partial charge on any atom is -0.496 e. The molecule has 346 valence electrons. The van der Waals surface area contributed by atoms with Crippen LogP contribution in [-0.4, -0.2) is 98.6 Å². The highest BCUT2D eigenvalue weighted by Crippen LogP contribution is 2.33. The number of aromatic nitrogens is 3. The van der Waals surface area contributed by atoms with Gasteiger partial charge in [0.1, 0.15) is 30.6 Å². The molecule has 2 aliphatic rings. The van der Waals surface area contributed by atoms with Gasteiger partial charge in [-0.15, -0.1) is 0 Å². The van der Waals surface area contributed by atoms with E-state index in [1.54, 1.807) is 13.2 Å². The smallest absolute Gasteiger partial charge is 0.306 e. The van der Waals surface area contributed by atoms with Gasteiger partial charge in [-0.05, 0) is 109 Å². The average Bonchev–Trinajstić information content (AvgIpc) is 3.30. The Balaban J connectivity index is 0.860. The number of carbonyl (C=O) groups excluding carboxylic acids is 2. The van der Waals surface area contributed by atoms with Gasteiger partial charge in [0.2, 0.25) is 5.95 Å². The highest BCUT2D eigenvalue weighted by molar-refractivity contribution is 14.1. The van der Waals surface area contributed by atoms with Crippen LogP contribution < -0.4 is 14.5 Å². The third-order valence-electron chi connectivity index (χ3n) is 11.8. The van der Waals surface area contributed by atoms with E-state index in [-0.39, 0.29) is 60.8 Å². The minimum atomic E-state index is -1.17. The van der Waals surface area contributed by atoms with E-state index >= 15 is 0 Å². The van der Waals surface area contributed by atoms with Crippen molar-refractivity contribution in [2.75, 3.05) is 69.6 Å². The lowest BCUT2D eigenvalue weighted by molar-refractivity contribution is -0.145. The van der Waals surface area contributed by atoms with Gasteiger partial charge in [-0.2, -0.15) is 9.97 Å². The van der Waals surface area contributed by atoms with Crippen molar-refractivity contribution >= 4 is 57.1 Å². The van der Waals surface area contributed by atoms with Crippen LogP contribution in [0.25, 0.3) is 22.3 Å². The van der Waals surface area contributed by atoms with Gasteiger partial charge in [0, 0.05) is 58.4 Å². The van der Waals surface area contributed by atoms with Crippen LogP contribution in [-0.2, 0) is 36.8 Å². The molecule has 0 aliphatic carbocycles. The van der Waals surface area contributed by atoms with Crippen LogP contribution in [0.15, 0.2) is 60.7 Å². The molecule has 0 bridgehead atoms. The van der Waals surface area contributed by atoms with E-state index < -0.39 is 23.2 Å². The van der Waals surface area contributed by atoms with Crippen LogP contribution >= 0.6 is 22.6 Å². The average molecular weight is 1010 g/mol. The Morgan fingerprint density at radius 1 is 0.800 bits per heavy atom. The second-order valence-electron chi connectivity index (χ2n) is 16.5. The maximum atomic E-state index is 14.8. The summed E-state index contributed by atoms with van der Waals surface area (Å²) in [6, 6.07) is 16.6. The summed E-state index contributed by atoms with van der Waals surface area (Å²) in [4.78, 5) is 45.3. The molecule has 0 radical (unpaired) electrons. The third kappa shape index (κ3) is 12.3. The summed E-state index contributed by atoms with van der Waals surface area (Å²) in [5.41, 5.74) is 2.82. The van der Waals surface area contributed by atoms with Gasteiger partial charge >= 0.3 is 5.97 Å². The Morgan fingerprint density at radius 2 is 1.54 bits per heavy atom. The second kappa shape index (κ2) is 23.0. The molecule has 2 fully saturated rings. The summed E-state index contributed by atoms with van der Waals surface area (Å²) in [7, 11) is 1.59. The Hall–Kier alpha value is -4.91. The number of fused-ring (bicyclic) bond motifs is 1. The van der Waals surface area contributed by atoms with E-state index in [1.165, 1.54) is 18.2 Å². The van der Waals surface area contributed by atoms with Crippen molar-refractivity contribution in [2.45, 2.75) is 83.9 Å². The lowest BCUT2D eigenvalue weighted by atomic mass is 9.96. The predicted molar refractivity (Wildman–Crippen MR) is 250 cm³/mol. The van der Waals surface area contributed by atoms with Crippen LogP contribution in [0.1, 0.15) is 85.8 Å². The van der Waals surface area contributed by atoms with Crippen molar-refractivity contribution in [1.82, 2.24) is 15.0 Å². The molecular weight excluding hydrogens is 954 g/mol. The fraction of sp³-hybridized carbons (Fsp3) is 0.449. The molecule has 0 unspecified atom stereocenters. The summed E-state index contributed by atoms with van der Waals surface area (Å²) in [5, 5.41) is 0.862. The number of hydrogen-bond acceptors (Lipinski definition) is 12. The predicted octanol–water partition coefficient (Wildman–Crippen LogP) is 9.44. The van der Waals surface area contributed by atoms with Gasteiger partial charge in [0.25, 0.3) is 0 Å². The van der Waals surface area contributed by atoms with Gasteiger partial charge < -0.3 is 33.5 Å². The van der Waals surface area contributed by atoms with Crippen molar-refractivity contribution in [3.63, 3.8) is 0 Å². The molecule has 2 aliphatic heterocycles. The van der Waals surface area contributed by atoms with Crippen molar-refractivity contribution < 1.29 is 46.4 Å². The van der Waals surface area contributed by atoms with E-state index in [0.29, 0.717) is 79.9 Å². The number of pyridine rings is 1. The maximum Gasteiger partial charge on any atom is 0.306 e. The number of anilines is 2. The van der Waals surface area contributed by atoms with Crippen molar-refractivity contribution in [1.29, 1.82) is 0 Å². The molecule has 0 spiro atoms. The zero-order valence-electron chi connectivity index (χ0n) is 37.1. The highest BCUT2D eigenvalue weighted by Gasteiger charge is 2.28. The van der Waals surface area contributed by atoms with Crippen molar-refractivity contribution in [2.24, 2.45) is 0 Å². The number of hydrogen-bond donors (Lipinski definition) is 0. The Morgan fingerprint density at radius 3 is 2.28 bits per heavy atom. The topological polar surface area (TPSA) is 125 Å². The number of Topliss-reactive ketones (excluding diaryl/α,β-unsaturated/α-hetero) is 1. The number of carbonyl (C=O) groups is 2. The number of rotatable bonds is 20. The van der Waals surface area contributed by atoms with Crippen LogP contribution in [0.2, 0.25) is 0 Å². The molecule has 12 nitrogen and oxygen atoms in total. The molecule has 2 aromatic heterocycles. The monoisotopic (exact) mass is 1010 g/mol. The number of ether oxygens (including phenoxy) is 5. The summed E-state index contributed by atoms with van der Waals surface area (Å²) in [6.07, 6.45) is 4.96. The largest absolute Gasteiger partial charge is 0.496 e. The van der Waals surface area contributed by atoms with Crippen molar-refractivity contribution in [3.05, 3.63) is 104 Å². The van der Waals surface area contributed by atoms with Gasteiger partial charge in [0.05, 0.1) is 56.7 Å². The number of ketones is 1. The molecule has 65 heavy (non-hydrogen) atoms. The number of methoxy groups -OCH3 is 1. The van der Waals surface area contributed by atoms with Crippen LogP contribution in [0.5, 0.6) is 5.75 Å². The van der Waals surface area contributed by atoms with Crippen LogP contribution in [0.3, 0.4) is 0 Å². The Kier molecular flexibility index (Phi) is 17.0. The summed E-state index contributed by atoms with van der Waals surface area (Å²) < 4.78 is 72.4.